The number of nitrogens with one attached hydrogen (secondary N) is 2. The molecule has 1 aromatic heterocycles. The third-order valence-corrected chi connectivity index (χ3v) is 3.69. The number of rotatable bonds is 4. The fourth-order valence-corrected chi connectivity index (χ4v) is 2.00. The summed E-state index contributed by atoms with van der Waals surface area (Å²) in [5.74, 6) is 0.972. The Hall–Kier alpha value is -0.580. The summed E-state index contributed by atoms with van der Waals surface area (Å²) in [6.07, 6.45) is -4.39. The van der Waals surface area contributed by atoms with E-state index in [1.807, 2.05) is 6.92 Å². The van der Waals surface area contributed by atoms with E-state index in [9.17, 15) is 13.2 Å². The lowest BCUT2D eigenvalue weighted by atomic mass is 10.1. The van der Waals surface area contributed by atoms with Gasteiger partial charge in [0, 0.05) is 18.5 Å². The van der Waals surface area contributed by atoms with Crippen molar-refractivity contribution in [1.82, 2.24) is 15.6 Å². The molecule has 1 unspecified atom stereocenters. The summed E-state index contributed by atoms with van der Waals surface area (Å²) >= 11 is 0.978. The van der Waals surface area contributed by atoms with Gasteiger partial charge in [-0.25, -0.2) is 4.98 Å². The minimum atomic E-state index is -4.39. The first kappa shape index (κ1) is 20.4. The molecule has 0 aliphatic heterocycles. The molecule has 0 fully saturated rings. The Morgan fingerprint density at radius 1 is 1.38 bits per heavy atom. The van der Waals surface area contributed by atoms with Gasteiger partial charge in [-0.3, -0.25) is 4.99 Å². The van der Waals surface area contributed by atoms with Crippen molar-refractivity contribution in [3.8, 4) is 0 Å². The SMILES string of the molecule is CN=C(NCc1nc(C(F)(F)F)cs1)NC(C)C(C)C.I. The molecular formula is C12H20F3IN4S. The van der Waals surface area contributed by atoms with E-state index < -0.39 is 11.9 Å². The lowest BCUT2D eigenvalue weighted by Crippen LogP contribution is -2.43. The molecule has 0 spiro atoms. The average molecular weight is 436 g/mol. The zero-order valence-corrected chi connectivity index (χ0v) is 15.4. The second-order valence-electron chi connectivity index (χ2n) is 4.73. The van der Waals surface area contributed by atoms with Crippen LogP contribution in [0.3, 0.4) is 0 Å². The summed E-state index contributed by atoms with van der Waals surface area (Å²) < 4.78 is 37.2. The Morgan fingerprint density at radius 2 is 2.00 bits per heavy atom. The van der Waals surface area contributed by atoms with Crippen molar-refractivity contribution in [2.75, 3.05) is 7.05 Å². The van der Waals surface area contributed by atoms with Gasteiger partial charge in [-0.15, -0.1) is 35.3 Å². The van der Waals surface area contributed by atoms with E-state index in [1.54, 1.807) is 7.05 Å². The van der Waals surface area contributed by atoms with Crippen molar-refractivity contribution in [3.05, 3.63) is 16.1 Å². The standard InChI is InChI=1S/C12H19F3N4S.HI/c1-7(2)8(3)18-11(16-4)17-5-10-19-9(6-20-10)12(13,14)15;/h6-8H,5H2,1-4H3,(H2,16,17,18);1H. The van der Waals surface area contributed by atoms with E-state index in [0.717, 1.165) is 16.7 Å². The first-order valence-electron chi connectivity index (χ1n) is 6.22. The number of guanidine groups is 1. The molecule has 1 atom stereocenters. The van der Waals surface area contributed by atoms with E-state index in [0.29, 0.717) is 16.9 Å². The Labute approximate surface area is 143 Å². The monoisotopic (exact) mass is 436 g/mol. The van der Waals surface area contributed by atoms with E-state index >= 15 is 0 Å². The first-order chi connectivity index (χ1) is 9.24. The van der Waals surface area contributed by atoms with Gasteiger partial charge in [-0.2, -0.15) is 13.2 Å². The lowest BCUT2D eigenvalue weighted by Gasteiger charge is -2.20. The Kier molecular flexibility index (Phi) is 8.52. The topological polar surface area (TPSA) is 49.3 Å². The molecule has 0 amide bonds. The fraction of sp³-hybridized carbons (Fsp3) is 0.667. The Balaban J connectivity index is 0.00000400. The molecule has 0 radical (unpaired) electrons. The van der Waals surface area contributed by atoms with Crippen molar-refractivity contribution in [3.63, 3.8) is 0 Å². The molecule has 0 saturated heterocycles. The summed E-state index contributed by atoms with van der Waals surface area (Å²) in [7, 11) is 1.62. The maximum absolute atomic E-state index is 12.4. The number of hydrogen-bond acceptors (Lipinski definition) is 3. The van der Waals surface area contributed by atoms with Gasteiger partial charge < -0.3 is 10.6 Å². The molecule has 1 aromatic rings. The van der Waals surface area contributed by atoms with Gasteiger partial charge in [0.1, 0.15) is 5.01 Å². The van der Waals surface area contributed by atoms with E-state index in [4.69, 9.17) is 0 Å². The van der Waals surface area contributed by atoms with Crippen LogP contribution in [0.15, 0.2) is 10.4 Å². The molecule has 0 bridgehead atoms. The van der Waals surface area contributed by atoms with Crippen LogP contribution in [0.1, 0.15) is 31.5 Å². The molecule has 21 heavy (non-hydrogen) atoms. The third-order valence-electron chi connectivity index (χ3n) is 2.84. The summed E-state index contributed by atoms with van der Waals surface area (Å²) in [5.41, 5.74) is -0.849. The normalized spacial score (nSPS) is 13.8. The molecular weight excluding hydrogens is 416 g/mol. The van der Waals surface area contributed by atoms with Crippen molar-refractivity contribution >= 4 is 41.3 Å². The van der Waals surface area contributed by atoms with Crippen LogP contribution in [0.4, 0.5) is 13.2 Å². The average Bonchev–Trinajstić information content (AvgIpc) is 2.82. The molecule has 1 rings (SSSR count). The van der Waals surface area contributed by atoms with Crippen LogP contribution in [-0.2, 0) is 12.7 Å². The molecule has 9 heteroatoms. The molecule has 122 valence electrons. The number of nitrogens with zero attached hydrogens (tertiary/aromatic N) is 2. The number of halogens is 4. The maximum Gasteiger partial charge on any atom is 0.434 e. The molecule has 0 saturated carbocycles. The highest BCUT2D eigenvalue weighted by atomic mass is 127. The predicted octanol–water partition coefficient (Wildman–Crippen LogP) is 3.49. The minimum absolute atomic E-state index is 0. The van der Waals surface area contributed by atoms with Crippen molar-refractivity contribution in [1.29, 1.82) is 0 Å². The second-order valence-corrected chi connectivity index (χ2v) is 5.67. The number of alkyl halides is 3. The molecule has 1 heterocycles. The zero-order chi connectivity index (χ0) is 15.3. The predicted molar refractivity (Wildman–Crippen MR) is 90.2 cm³/mol. The summed E-state index contributed by atoms with van der Waals surface area (Å²) in [6, 6.07) is 0.211. The van der Waals surface area contributed by atoms with Crippen molar-refractivity contribution < 1.29 is 13.2 Å². The quantitative estimate of drug-likeness (QED) is 0.432. The number of aromatic nitrogens is 1. The molecule has 0 aliphatic carbocycles. The van der Waals surface area contributed by atoms with Gasteiger partial charge in [0.05, 0.1) is 6.54 Å². The highest BCUT2D eigenvalue weighted by Gasteiger charge is 2.33. The summed E-state index contributed by atoms with van der Waals surface area (Å²) in [6.45, 7) is 6.37. The van der Waals surface area contributed by atoms with E-state index in [1.165, 1.54) is 0 Å². The number of aliphatic imine (C=N–C) groups is 1. The van der Waals surface area contributed by atoms with Crippen molar-refractivity contribution in [2.24, 2.45) is 10.9 Å². The molecule has 0 aliphatic rings. The van der Waals surface area contributed by atoms with Gasteiger partial charge in [0.15, 0.2) is 11.7 Å². The van der Waals surface area contributed by atoms with E-state index in [-0.39, 0.29) is 36.6 Å². The van der Waals surface area contributed by atoms with Crippen LogP contribution < -0.4 is 10.6 Å². The van der Waals surface area contributed by atoms with Gasteiger partial charge in [-0.1, -0.05) is 13.8 Å². The summed E-state index contributed by atoms with van der Waals surface area (Å²) in [5, 5.41) is 7.51. The van der Waals surface area contributed by atoms with Crippen LogP contribution in [-0.4, -0.2) is 24.0 Å². The molecule has 0 aromatic carbocycles. The third kappa shape index (κ3) is 6.81. The van der Waals surface area contributed by atoms with Crippen molar-refractivity contribution in [2.45, 2.75) is 39.5 Å². The fourth-order valence-electron chi connectivity index (χ4n) is 1.26. The molecule has 4 nitrogen and oxygen atoms in total. The first-order valence-corrected chi connectivity index (χ1v) is 7.10. The number of thiazole rings is 1. The maximum atomic E-state index is 12.4. The van der Waals surface area contributed by atoms with Gasteiger partial charge in [0.2, 0.25) is 0 Å². The molecule has 2 N–H and O–H groups in total. The smallest absolute Gasteiger partial charge is 0.354 e. The van der Waals surface area contributed by atoms with Crippen LogP contribution >= 0.6 is 35.3 Å². The van der Waals surface area contributed by atoms with Crippen LogP contribution in [0.25, 0.3) is 0 Å². The lowest BCUT2D eigenvalue weighted by molar-refractivity contribution is -0.140. The summed E-state index contributed by atoms with van der Waals surface area (Å²) in [4.78, 5) is 7.58. The Morgan fingerprint density at radius 3 is 2.43 bits per heavy atom. The minimum Gasteiger partial charge on any atom is -0.354 e. The van der Waals surface area contributed by atoms with E-state index in [2.05, 4.69) is 34.5 Å². The number of hydrogen-bond donors (Lipinski definition) is 2. The van der Waals surface area contributed by atoms with Crippen LogP contribution in [0.2, 0.25) is 0 Å². The van der Waals surface area contributed by atoms with Crippen LogP contribution in [0.5, 0.6) is 0 Å². The largest absolute Gasteiger partial charge is 0.434 e. The zero-order valence-electron chi connectivity index (χ0n) is 12.3. The Bertz CT molecular complexity index is 460. The van der Waals surface area contributed by atoms with Gasteiger partial charge in [0.25, 0.3) is 0 Å². The van der Waals surface area contributed by atoms with Gasteiger partial charge >= 0.3 is 6.18 Å². The highest BCUT2D eigenvalue weighted by Crippen LogP contribution is 2.29. The van der Waals surface area contributed by atoms with Crippen LogP contribution in [0, 0.1) is 5.92 Å². The highest BCUT2D eigenvalue weighted by molar-refractivity contribution is 14.0. The second kappa shape index (κ2) is 8.76. The van der Waals surface area contributed by atoms with Gasteiger partial charge in [-0.05, 0) is 12.8 Å².